The van der Waals surface area contributed by atoms with Gasteiger partial charge in [0.25, 0.3) is 11.8 Å². The van der Waals surface area contributed by atoms with Crippen LogP contribution in [0.3, 0.4) is 0 Å². The van der Waals surface area contributed by atoms with E-state index in [1.54, 1.807) is 49.4 Å². The summed E-state index contributed by atoms with van der Waals surface area (Å²) in [7, 11) is 0. The van der Waals surface area contributed by atoms with Gasteiger partial charge in [0.15, 0.2) is 12.7 Å². The molecule has 0 saturated heterocycles. The van der Waals surface area contributed by atoms with Crippen molar-refractivity contribution >= 4 is 55.3 Å². The summed E-state index contributed by atoms with van der Waals surface area (Å²) in [6.07, 6.45) is -0.833. The molecule has 0 bridgehead atoms. The Morgan fingerprint density at radius 1 is 1.12 bits per heavy atom. The van der Waals surface area contributed by atoms with Gasteiger partial charge in [0.2, 0.25) is 0 Å². The van der Waals surface area contributed by atoms with Crippen LogP contribution in [0, 0.1) is 0 Å². The van der Waals surface area contributed by atoms with Gasteiger partial charge in [-0.3, -0.25) is 20.4 Å². The number of ether oxygens (including phenoxy) is 2. The number of rotatable bonds is 6. The number of hydrazine groups is 1. The summed E-state index contributed by atoms with van der Waals surface area (Å²) in [6.45, 7) is 1.32. The Balaban J connectivity index is 1.76. The number of hydrogen-bond donors (Lipinski definition) is 2. The zero-order chi connectivity index (χ0) is 19.1. The van der Waals surface area contributed by atoms with Crippen LogP contribution in [-0.4, -0.2) is 24.5 Å². The molecule has 9 heteroatoms. The predicted molar refractivity (Wildman–Crippen MR) is 105 cm³/mol. The molecule has 0 aromatic heterocycles. The molecule has 0 fully saturated rings. The molecule has 138 valence electrons. The molecule has 0 spiro atoms. The van der Waals surface area contributed by atoms with Gasteiger partial charge in [-0.05, 0) is 65.3 Å². The summed E-state index contributed by atoms with van der Waals surface area (Å²) in [6, 6.07) is 12.0. The molecule has 0 heterocycles. The minimum atomic E-state index is -0.833. The normalized spacial score (nSPS) is 11.4. The Labute approximate surface area is 172 Å². The van der Waals surface area contributed by atoms with E-state index in [0.717, 1.165) is 4.47 Å². The Hall–Kier alpha value is -1.77. The van der Waals surface area contributed by atoms with Crippen molar-refractivity contribution in [3.8, 4) is 11.5 Å². The Morgan fingerprint density at radius 3 is 2.46 bits per heavy atom. The number of nitrogens with one attached hydrogen (secondary N) is 2. The zero-order valence-corrected chi connectivity index (χ0v) is 17.5. The molecular weight excluding hydrogens is 491 g/mol. The minimum absolute atomic E-state index is 0.236. The molecule has 0 aliphatic rings. The predicted octanol–water partition coefficient (Wildman–Crippen LogP) is 3.86. The first-order valence-corrected chi connectivity index (χ1v) is 9.40. The number of carbonyl (C=O) groups excluding carboxylic acids is 2. The van der Waals surface area contributed by atoms with Crippen molar-refractivity contribution in [2.75, 3.05) is 6.61 Å². The van der Waals surface area contributed by atoms with Crippen LogP contribution in [0.4, 0.5) is 0 Å². The van der Waals surface area contributed by atoms with Gasteiger partial charge in [-0.2, -0.15) is 0 Å². The molecule has 2 rings (SSSR count). The van der Waals surface area contributed by atoms with Crippen molar-refractivity contribution in [1.29, 1.82) is 0 Å². The molecule has 0 radical (unpaired) electrons. The highest BCUT2D eigenvalue weighted by Crippen LogP contribution is 2.28. The topological polar surface area (TPSA) is 76.7 Å². The molecule has 26 heavy (non-hydrogen) atoms. The molecule has 1 unspecified atom stereocenters. The quantitative estimate of drug-likeness (QED) is 0.584. The van der Waals surface area contributed by atoms with Gasteiger partial charge in [-0.1, -0.05) is 27.5 Å². The average Bonchev–Trinajstić information content (AvgIpc) is 2.61. The summed E-state index contributed by atoms with van der Waals surface area (Å²) < 4.78 is 12.4. The van der Waals surface area contributed by atoms with Crippen molar-refractivity contribution in [3.63, 3.8) is 0 Å². The van der Waals surface area contributed by atoms with Crippen LogP contribution in [0.15, 0.2) is 51.4 Å². The summed E-state index contributed by atoms with van der Waals surface area (Å²) in [5, 5.41) is 0.541. The van der Waals surface area contributed by atoms with Gasteiger partial charge in [-0.15, -0.1) is 0 Å². The molecule has 2 N–H and O–H groups in total. The van der Waals surface area contributed by atoms with Crippen LogP contribution >= 0.6 is 43.5 Å². The molecule has 2 aromatic rings. The standard InChI is InChI=1S/C17H15Br2ClN2O4/c1-10(26-15-7-4-12(20)8-14(15)19)17(24)22-21-16(23)9-25-13-5-2-11(18)3-6-13/h2-8,10H,9H2,1H3,(H,21,23)(H,22,24). The zero-order valence-electron chi connectivity index (χ0n) is 13.6. The second-order valence-corrected chi connectivity index (χ2v) is 7.32. The van der Waals surface area contributed by atoms with E-state index >= 15 is 0 Å². The summed E-state index contributed by atoms with van der Waals surface area (Å²) in [5.41, 5.74) is 4.56. The highest BCUT2D eigenvalue weighted by Gasteiger charge is 2.17. The molecule has 1 atom stereocenters. The van der Waals surface area contributed by atoms with Gasteiger partial charge in [0.05, 0.1) is 4.47 Å². The lowest BCUT2D eigenvalue weighted by atomic mass is 10.3. The van der Waals surface area contributed by atoms with Crippen LogP contribution in [0.5, 0.6) is 11.5 Å². The molecule has 0 aliphatic carbocycles. The Morgan fingerprint density at radius 2 is 1.81 bits per heavy atom. The number of carbonyl (C=O) groups is 2. The first kappa shape index (κ1) is 20.5. The fraction of sp³-hybridized carbons (Fsp3) is 0.176. The number of hydrogen-bond acceptors (Lipinski definition) is 4. The van der Waals surface area contributed by atoms with Gasteiger partial charge in [0.1, 0.15) is 11.5 Å². The Bertz CT molecular complexity index is 787. The van der Waals surface area contributed by atoms with Crippen molar-refractivity contribution in [1.82, 2.24) is 10.9 Å². The number of benzene rings is 2. The van der Waals surface area contributed by atoms with Crippen LogP contribution in [-0.2, 0) is 9.59 Å². The van der Waals surface area contributed by atoms with Crippen molar-refractivity contribution in [2.45, 2.75) is 13.0 Å². The van der Waals surface area contributed by atoms with E-state index in [9.17, 15) is 9.59 Å². The molecular formula is C17H15Br2ClN2O4. The van der Waals surface area contributed by atoms with E-state index in [1.807, 2.05) is 0 Å². The lowest BCUT2D eigenvalue weighted by Crippen LogP contribution is -2.48. The Kier molecular flexibility index (Phi) is 7.74. The maximum absolute atomic E-state index is 12.0. The fourth-order valence-electron chi connectivity index (χ4n) is 1.76. The lowest BCUT2D eigenvalue weighted by Gasteiger charge is -2.16. The number of amides is 2. The third-order valence-corrected chi connectivity index (χ3v) is 4.46. The van der Waals surface area contributed by atoms with Crippen LogP contribution in [0.2, 0.25) is 5.02 Å². The molecule has 2 aromatic carbocycles. The van der Waals surface area contributed by atoms with Crippen LogP contribution in [0.25, 0.3) is 0 Å². The SMILES string of the molecule is CC(Oc1ccc(Cl)cc1Br)C(=O)NNC(=O)COc1ccc(Br)cc1. The van der Waals surface area contributed by atoms with E-state index in [-0.39, 0.29) is 6.61 Å². The highest BCUT2D eigenvalue weighted by atomic mass is 79.9. The fourth-order valence-corrected chi connectivity index (χ4v) is 2.80. The maximum atomic E-state index is 12.0. The highest BCUT2D eigenvalue weighted by molar-refractivity contribution is 9.10. The third-order valence-electron chi connectivity index (χ3n) is 3.08. The largest absolute Gasteiger partial charge is 0.484 e. The monoisotopic (exact) mass is 504 g/mol. The van der Waals surface area contributed by atoms with E-state index in [4.69, 9.17) is 21.1 Å². The van der Waals surface area contributed by atoms with Crippen molar-refractivity contribution in [2.24, 2.45) is 0 Å². The summed E-state index contributed by atoms with van der Waals surface area (Å²) in [4.78, 5) is 23.7. The number of halogens is 3. The van der Waals surface area contributed by atoms with Gasteiger partial charge < -0.3 is 9.47 Å². The van der Waals surface area contributed by atoms with Crippen LogP contribution in [0.1, 0.15) is 6.92 Å². The molecule has 2 amide bonds. The van der Waals surface area contributed by atoms with Gasteiger partial charge in [0, 0.05) is 9.50 Å². The van der Waals surface area contributed by atoms with E-state index in [2.05, 4.69) is 42.7 Å². The first-order valence-electron chi connectivity index (χ1n) is 7.44. The van der Waals surface area contributed by atoms with Gasteiger partial charge in [-0.25, -0.2) is 0 Å². The average molecular weight is 507 g/mol. The van der Waals surface area contributed by atoms with Crippen molar-refractivity contribution < 1.29 is 19.1 Å². The maximum Gasteiger partial charge on any atom is 0.279 e. The van der Waals surface area contributed by atoms with Gasteiger partial charge >= 0.3 is 0 Å². The second kappa shape index (κ2) is 9.80. The first-order chi connectivity index (χ1) is 12.3. The molecule has 0 aliphatic heterocycles. The second-order valence-electron chi connectivity index (χ2n) is 5.11. The van der Waals surface area contributed by atoms with E-state index < -0.39 is 17.9 Å². The summed E-state index contributed by atoms with van der Waals surface area (Å²) in [5.74, 6) is -0.00843. The van der Waals surface area contributed by atoms with Crippen LogP contribution < -0.4 is 20.3 Å². The smallest absolute Gasteiger partial charge is 0.279 e. The summed E-state index contributed by atoms with van der Waals surface area (Å²) >= 11 is 12.5. The lowest BCUT2D eigenvalue weighted by molar-refractivity contribution is -0.133. The molecule has 6 nitrogen and oxygen atoms in total. The minimum Gasteiger partial charge on any atom is -0.484 e. The third kappa shape index (κ3) is 6.51. The van der Waals surface area contributed by atoms with E-state index in [1.165, 1.54) is 0 Å². The molecule has 0 saturated carbocycles. The van der Waals surface area contributed by atoms with E-state index in [0.29, 0.717) is 21.0 Å². The van der Waals surface area contributed by atoms with Crippen molar-refractivity contribution in [3.05, 3.63) is 56.4 Å².